The van der Waals surface area contributed by atoms with Crippen LogP contribution in [0.5, 0.6) is 5.75 Å². The fourth-order valence-corrected chi connectivity index (χ4v) is 2.59. The number of carbonyl (C=O) groups is 3. The van der Waals surface area contributed by atoms with Crippen molar-refractivity contribution in [1.82, 2.24) is 10.9 Å². The lowest BCUT2D eigenvalue weighted by Crippen LogP contribution is -2.43. The first-order valence-electron chi connectivity index (χ1n) is 8.48. The van der Waals surface area contributed by atoms with Gasteiger partial charge in [-0.1, -0.05) is 12.1 Å². The summed E-state index contributed by atoms with van der Waals surface area (Å²) < 4.78 is 29.1. The van der Waals surface area contributed by atoms with Gasteiger partial charge in [-0.15, -0.1) is 0 Å². The highest BCUT2D eigenvalue weighted by molar-refractivity contribution is 5.98. The van der Waals surface area contributed by atoms with Crippen molar-refractivity contribution >= 4 is 28.8 Å². The van der Waals surface area contributed by atoms with Gasteiger partial charge in [0, 0.05) is 10.9 Å². The van der Waals surface area contributed by atoms with Gasteiger partial charge in [0.1, 0.15) is 17.1 Å². The molecule has 9 heteroatoms. The molecule has 3 aromatic rings. The number of ether oxygens (including phenoxy) is 2. The maximum atomic E-state index is 13.5. The number of hydrogen-bond acceptors (Lipinski definition) is 6. The van der Waals surface area contributed by atoms with Crippen molar-refractivity contribution in [2.24, 2.45) is 0 Å². The molecule has 3 rings (SSSR count). The van der Waals surface area contributed by atoms with Gasteiger partial charge in [-0.3, -0.25) is 20.4 Å². The zero-order valence-corrected chi connectivity index (χ0v) is 15.6. The standard InChI is InChI=1S/C20H17FN2O6/c1-11-14-9-12(27-2)7-8-16(14)29-18(11)20(26)28-10-17(24)22-23-19(25)13-5-3-4-6-15(13)21/h3-9H,10H2,1-2H3,(H,22,24)(H,23,25). The molecule has 0 radical (unpaired) electrons. The third kappa shape index (κ3) is 4.34. The third-order valence-electron chi connectivity index (χ3n) is 4.10. The molecule has 0 atom stereocenters. The molecule has 0 fully saturated rings. The van der Waals surface area contributed by atoms with Gasteiger partial charge in [-0.25, -0.2) is 9.18 Å². The molecule has 0 bridgehead atoms. The zero-order chi connectivity index (χ0) is 21.0. The predicted octanol–water partition coefficient (Wildman–Crippen LogP) is 2.51. The summed E-state index contributed by atoms with van der Waals surface area (Å²) in [6, 6.07) is 10.3. The molecule has 2 amide bonds. The predicted molar refractivity (Wildman–Crippen MR) is 99.8 cm³/mol. The SMILES string of the molecule is COc1ccc2oc(C(=O)OCC(=O)NNC(=O)c3ccccc3F)c(C)c2c1. The molecule has 2 N–H and O–H groups in total. The van der Waals surface area contributed by atoms with Crippen LogP contribution in [0.3, 0.4) is 0 Å². The number of methoxy groups -OCH3 is 1. The van der Waals surface area contributed by atoms with Crippen LogP contribution in [0.1, 0.15) is 26.5 Å². The summed E-state index contributed by atoms with van der Waals surface area (Å²) in [4.78, 5) is 35.9. The summed E-state index contributed by atoms with van der Waals surface area (Å²) in [6.45, 7) is 1.01. The Bertz CT molecular complexity index is 1090. The van der Waals surface area contributed by atoms with Gasteiger partial charge in [-0.2, -0.15) is 0 Å². The summed E-state index contributed by atoms with van der Waals surface area (Å²) in [5.41, 5.74) is 4.85. The van der Waals surface area contributed by atoms with E-state index in [1.54, 1.807) is 25.1 Å². The number of hydrogen-bond donors (Lipinski definition) is 2. The minimum Gasteiger partial charge on any atom is -0.497 e. The second kappa shape index (κ2) is 8.42. The molecule has 1 heterocycles. The van der Waals surface area contributed by atoms with Crippen molar-refractivity contribution in [2.45, 2.75) is 6.92 Å². The summed E-state index contributed by atoms with van der Waals surface area (Å²) in [7, 11) is 1.52. The van der Waals surface area contributed by atoms with Gasteiger partial charge in [-0.05, 0) is 37.3 Å². The first-order valence-corrected chi connectivity index (χ1v) is 8.48. The van der Waals surface area contributed by atoms with E-state index in [-0.39, 0.29) is 11.3 Å². The van der Waals surface area contributed by atoms with Crippen molar-refractivity contribution in [1.29, 1.82) is 0 Å². The minimum absolute atomic E-state index is 0.0450. The number of nitrogens with one attached hydrogen (secondary N) is 2. The fourth-order valence-electron chi connectivity index (χ4n) is 2.59. The maximum Gasteiger partial charge on any atom is 0.375 e. The van der Waals surface area contributed by atoms with Crippen molar-refractivity contribution in [2.75, 3.05) is 13.7 Å². The molecule has 29 heavy (non-hydrogen) atoms. The topological polar surface area (TPSA) is 107 Å². The van der Waals surface area contributed by atoms with Crippen LogP contribution < -0.4 is 15.6 Å². The third-order valence-corrected chi connectivity index (χ3v) is 4.10. The maximum absolute atomic E-state index is 13.5. The van der Waals surface area contributed by atoms with Crippen LogP contribution in [0.25, 0.3) is 11.0 Å². The number of benzene rings is 2. The number of furan rings is 1. The number of esters is 1. The van der Waals surface area contributed by atoms with E-state index in [0.29, 0.717) is 22.3 Å². The van der Waals surface area contributed by atoms with E-state index < -0.39 is 30.2 Å². The van der Waals surface area contributed by atoms with Gasteiger partial charge in [0.15, 0.2) is 6.61 Å². The van der Waals surface area contributed by atoms with Crippen LogP contribution in [-0.4, -0.2) is 31.5 Å². The van der Waals surface area contributed by atoms with Crippen LogP contribution in [0.4, 0.5) is 4.39 Å². The average molecular weight is 400 g/mol. The highest BCUT2D eigenvalue weighted by Crippen LogP contribution is 2.29. The van der Waals surface area contributed by atoms with Crippen molar-refractivity contribution < 1.29 is 32.7 Å². The highest BCUT2D eigenvalue weighted by Gasteiger charge is 2.20. The Morgan fingerprint density at radius 1 is 1.10 bits per heavy atom. The molecule has 8 nitrogen and oxygen atoms in total. The van der Waals surface area contributed by atoms with Crippen molar-refractivity contribution in [3.05, 3.63) is 65.2 Å². The molecular weight excluding hydrogens is 383 g/mol. The Labute approximate surface area is 164 Å². The molecule has 0 unspecified atom stereocenters. The molecular formula is C20H17FN2O6. The number of rotatable bonds is 5. The molecule has 0 saturated carbocycles. The summed E-state index contributed by atoms with van der Waals surface area (Å²) in [5, 5.41) is 0.679. The van der Waals surface area contributed by atoms with E-state index in [9.17, 15) is 18.8 Å². The van der Waals surface area contributed by atoms with Crippen molar-refractivity contribution in [3.8, 4) is 5.75 Å². The zero-order valence-electron chi connectivity index (χ0n) is 15.6. The Hall–Kier alpha value is -3.88. The molecule has 0 aliphatic rings. The molecule has 0 spiro atoms. The average Bonchev–Trinajstić information content (AvgIpc) is 3.06. The van der Waals surface area contributed by atoms with E-state index in [1.807, 2.05) is 10.9 Å². The second-order valence-corrected chi connectivity index (χ2v) is 5.98. The fraction of sp³-hybridized carbons (Fsp3) is 0.150. The van der Waals surface area contributed by atoms with Crippen LogP contribution in [-0.2, 0) is 9.53 Å². The lowest BCUT2D eigenvalue weighted by molar-refractivity contribution is -0.125. The van der Waals surface area contributed by atoms with Crippen molar-refractivity contribution in [3.63, 3.8) is 0 Å². The monoisotopic (exact) mass is 400 g/mol. The number of hydrazine groups is 1. The molecule has 0 aliphatic heterocycles. The number of carbonyl (C=O) groups excluding carboxylic acids is 3. The Kier molecular flexibility index (Phi) is 5.77. The molecule has 0 saturated heterocycles. The van der Waals surface area contributed by atoms with Crippen LogP contribution >= 0.6 is 0 Å². The first kappa shape index (κ1) is 19.9. The lowest BCUT2D eigenvalue weighted by Gasteiger charge is -2.08. The Morgan fingerprint density at radius 3 is 2.59 bits per heavy atom. The van der Waals surface area contributed by atoms with Gasteiger partial charge in [0.25, 0.3) is 11.8 Å². The number of amides is 2. The lowest BCUT2D eigenvalue weighted by atomic mass is 10.1. The second-order valence-electron chi connectivity index (χ2n) is 5.98. The quantitative estimate of drug-likeness (QED) is 0.503. The summed E-state index contributed by atoms with van der Waals surface area (Å²) >= 11 is 0. The summed E-state index contributed by atoms with van der Waals surface area (Å²) in [5.74, 6) is -2.66. The van der Waals surface area contributed by atoms with E-state index >= 15 is 0 Å². The van der Waals surface area contributed by atoms with E-state index in [4.69, 9.17) is 13.9 Å². The van der Waals surface area contributed by atoms with Gasteiger partial charge >= 0.3 is 5.97 Å². The number of halogens is 1. The van der Waals surface area contributed by atoms with E-state index in [0.717, 1.165) is 6.07 Å². The van der Waals surface area contributed by atoms with E-state index in [1.165, 1.54) is 25.3 Å². The van der Waals surface area contributed by atoms with Gasteiger partial charge < -0.3 is 13.9 Å². The smallest absolute Gasteiger partial charge is 0.375 e. The van der Waals surface area contributed by atoms with E-state index in [2.05, 4.69) is 0 Å². The molecule has 150 valence electrons. The number of aryl methyl sites for hydroxylation is 1. The largest absolute Gasteiger partial charge is 0.497 e. The Balaban J connectivity index is 1.57. The molecule has 0 aliphatic carbocycles. The minimum atomic E-state index is -0.843. The molecule has 2 aromatic carbocycles. The Morgan fingerprint density at radius 2 is 1.86 bits per heavy atom. The van der Waals surface area contributed by atoms with Crippen LogP contribution in [0.15, 0.2) is 46.9 Å². The van der Waals surface area contributed by atoms with Gasteiger partial charge in [0.2, 0.25) is 5.76 Å². The molecule has 1 aromatic heterocycles. The first-order chi connectivity index (χ1) is 13.9. The summed E-state index contributed by atoms with van der Waals surface area (Å²) in [6.07, 6.45) is 0. The van der Waals surface area contributed by atoms with Crippen LogP contribution in [0, 0.1) is 12.7 Å². The normalized spacial score (nSPS) is 10.4. The van der Waals surface area contributed by atoms with Gasteiger partial charge in [0.05, 0.1) is 12.7 Å². The van der Waals surface area contributed by atoms with Crippen LogP contribution in [0.2, 0.25) is 0 Å². The number of fused-ring (bicyclic) bond motifs is 1. The highest BCUT2D eigenvalue weighted by atomic mass is 19.1.